The predicted molar refractivity (Wildman–Crippen MR) is 91.6 cm³/mol. The van der Waals surface area contributed by atoms with Crippen molar-refractivity contribution in [2.24, 2.45) is 18.7 Å². The Bertz CT molecular complexity index is 786. The third-order valence-corrected chi connectivity index (χ3v) is 5.40. The molecule has 128 valence electrons. The lowest BCUT2D eigenvalue weighted by Gasteiger charge is -2.30. The second-order valence-corrected chi connectivity index (χ2v) is 6.95. The maximum Gasteiger partial charge on any atom is 0.268 e. The Labute approximate surface area is 143 Å². The molecule has 1 aliphatic rings. The molecular formula is C16H20N4O3S. The van der Waals surface area contributed by atoms with E-state index < -0.39 is 0 Å². The largest absolute Gasteiger partial charge is 0.369 e. The second kappa shape index (κ2) is 6.64. The van der Waals surface area contributed by atoms with Crippen LogP contribution in [0.2, 0.25) is 0 Å². The van der Waals surface area contributed by atoms with Crippen molar-refractivity contribution in [3.8, 4) is 0 Å². The highest BCUT2D eigenvalue weighted by Gasteiger charge is 2.26. The number of hydrogen-bond donors (Lipinski definition) is 2. The Hall–Kier alpha value is -2.35. The van der Waals surface area contributed by atoms with Crippen LogP contribution in [-0.4, -0.2) is 46.8 Å². The quantitative estimate of drug-likeness (QED) is 0.851. The lowest BCUT2D eigenvalue weighted by molar-refractivity contribution is -0.133. The number of rotatable bonds is 4. The summed E-state index contributed by atoms with van der Waals surface area (Å²) in [5.41, 5.74) is 6.83. The number of nitrogens with two attached hydrogens (primary N) is 1. The Morgan fingerprint density at radius 2 is 2.04 bits per heavy atom. The van der Waals surface area contributed by atoms with Gasteiger partial charge in [-0.2, -0.15) is 0 Å². The molecule has 0 aromatic carbocycles. The van der Waals surface area contributed by atoms with Crippen molar-refractivity contribution in [1.82, 2.24) is 14.8 Å². The standard InChI is InChI=1S/C16H20N4O3S/c1-19-11-4-7-24-13(11)8-12(19)16(23)18-9-14(21)20-5-2-10(3-6-20)15(17)22/h4,7-8,10H,2-3,5-6,9H2,1H3,(H2,17,22)(H,18,23). The van der Waals surface area contributed by atoms with Gasteiger partial charge in [0.2, 0.25) is 11.8 Å². The van der Waals surface area contributed by atoms with E-state index in [0.29, 0.717) is 31.6 Å². The molecule has 0 spiro atoms. The smallest absolute Gasteiger partial charge is 0.268 e. The number of primary amides is 1. The second-order valence-electron chi connectivity index (χ2n) is 6.00. The van der Waals surface area contributed by atoms with Crippen molar-refractivity contribution in [2.75, 3.05) is 19.6 Å². The maximum atomic E-state index is 12.3. The van der Waals surface area contributed by atoms with E-state index >= 15 is 0 Å². The topological polar surface area (TPSA) is 97.4 Å². The minimum Gasteiger partial charge on any atom is -0.369 e. The fourth-order valence-electron chi connectivity index (χ4n) is 3.04. The number of amides is 3. The van der Waals surface area contributed by atoms with Gasteiger partial charge in [-0.05, 0) is 30.4 Å². The van der Waals surface area contributed by atoms with E-state index in [0.717, 1.165) is 10.2 Å². The number of likely N-dealkylation sites (tertiary alicyclic amines) is 1. The average molecular weight is 348 g/mol. The SMILES string of the molecule is Cn1c(C(=O)NCC(=O)N2CCC(C(N)=O)CC2)cc2sccc21. The molecule has 0 radical (unpaired) electrons. The van der Waals surface area contributed by atoms with Crippen molar-refractivity contribution in [3.63, 3.8) is 0 Å². The van der Waals surface area contributed by atoms with E-state index in [1.165, 1.54) is 0 Å². The molecule has 0 unspecified atom stereocenters. The van der Waals surface area contributed by atoms with Crippen LogP contribution in [-0.2, 0) is 16.6 Å². The number of thiophene rings is 1. The van der Waals surface area contributed by atoms with Gasteiger partial charge in [0.05, 0.1) is 16.8 Å². The Kier molecular flexibility index (Phi) is 4.57. The molecule has 7 nitrogen and oxygen atoms in total. The van der Waals surface area contributed by atoms with Gasteiger partial charge in [0.25, 0.3) is 5.91 Å². The first kappa shape index (κ1) is 16.5. The van der Waals surface area contributed by atoms with Crippen LogP contribution >= 0.6 is 11.3 Å². The zero-order chi connectivity index (χ0) is 17.3. The fraction of sp³-hybridized carbons (Fsp3) is 0.438. The molecule has 0 bridgehead atoms. The van der Waals surface area contributed by atoms with Crippen molar-refractivity contribution in [1.29, 1.82) is 0 Å². The monoisotopic (exact) mass is 348 g/mol. The molecule has 1 aliphatic heterocycles. The summed E-state index contributed by atoms with van der Waals surface area (Å²) >= 11 is 1.58. The zero-order valence-corrected chi connectivity index (χ0v) is 14.3. The highest BCUT2D eigenvalue weighted by Crippen LogP contribution is 2.24. The number of nitrogens with zero attached hydrogens (tertiary/aromatic N) is 2. The summed E-state index contributed by atoms with van der Waals surface area (Å²) in [6, 6.07) is 3.79. The van der Waals surface area contributed by atoms with Gasteiger partial charge in [-0.3, -0.25) is 14.4 Å². The predicted octanol–water partition coefficient (Wildman–Crippen LogP) is 0.694. The number of aryl methyl sites for hydroxylation is 1. The Morgan fingerprint density at radius 1 is 1.33 bits per heavy atom. The normalized spacial score (nSPS) is 15.6. The Balaban J connectivity index is 1.54. The number of nitrogens with one attached hydrogen (secondary N) is 1. The lowest BCUT2D eigenvalue weighted by Crippen LogP contribution is -2.45. The zero-order valence-electron chi connectivity index (χ0n) is 13.4. The van der Waals surface area contributed by atoms with Crippen molar-refractivity contribution >= 4 is 39.3 Å². The molecule has 0 aliphatic carbocycles. The first-order valence-electron chi connectivity index (χ1n) is 7.85. The summed E-state index contributed by atoms with van der Waals surface area (Å²) < 4.78 is 2.87. The van der Waals surface area contributed by atoms with Gasteiger partial charge in [-0.1, -0.05) is 0 Å². The van der Waals surface area contributed by atoms with Crippen molar-refractivity contribution in [2.45, 2.75) is 12.8 Å². The van der Waals surface area contributed by atoms with E-state index in [1.807, 2.05) is 29.1 Å². The number of aromatic nitrogens is 1. The molecule has 1 saturated heterocycles. The van der Waals surface area contributed by atoms with Crippen LogP contribution in [0.25, 0.3) is 10.2 Å². The maximum absolute atomic E-state index is 12.3. The van der Waals surface area contributed by atoms with E-state index in [4.69, 9.17) is 5.73 Å². The van der Waals surface area contributed by atoms with Gasteiger partial charge in [0, 0.05) is 26.1 Å². The molecule has 3 rings (SSSR count). The van der Waals surface area contributed by atoms with E-state index in [2.05, 4.69) is 5.32 Å². The van der Waals surface area contributed by atoms with Gasteiger partial charge < -0.3 is 20.5 Å². The van der Waals surface area contributed by atoms with Gasteiger partial charge in [-0.15, -0.1) is 11.3 Å². The number of hydrogen-bond acceptors (Lipinski definition) is 4. The molecule has 2 aromatic heterocycles. The Morgan fingerprint density at radius 3 is 2.67 bits per heavy atom. The van der Waals surface area contributed by atoms with E-state index in [-0.39, 0.29) is 30.2 Å². The fourth-order valence-corrected chi connectivity index (χ4v) is 3.89. The molecule has 3 amide bonds. The van der Waals surface area contributed by atoms with Crippen LogP contribution in [0.15, 0.2) is 17.5 Å². The molecule has 8 heteroatoms. The van der Waals surface area contributed by atoms with E-state index in [1.54, 1.807) is 16.2 Å². The summed E-state index contributed by atoms with van der Waals surface area (Å²) in [6.45, 7) is 0.962. The van der Waals surface area contributed by atoms with Crippen LogP contribution in [0.1, 0.15) is 23.3 Å². The molecule has 0 atom stereocenters. The molecular weight excluding hydrogens is 328 g/mol. The van der Waals surface area contributed by atoms with Crippen LogP contribution in [0, 0.1) is 5.92 Å². The molecule has 3 N–H and O–H groups in total. The third-order valence-electron chi connectivity index (χ3n) is 4.55. The highest BCUT2D eigenvalue weighted by atomic mass is 32.1. The van der Waals surface area contributed by atoms with E-state index in [9.17, 15) is 14.4 Å². The number of carbonyl (C=O) groups excluding carboxylic acids is 3. The van der Waals surface area contributed by atoms with Gasteiger partial charge in [0.15, 0.2) is 0 Å². The molecule has 1 fully saturated rings. The summed E-state index contributed by atoms with van der Waals surface area (Å²) in [4.78, 5) is 37.3. The summed E-state index contributed by atoms with van der Waals surface area (Å²) in [6.07, 6.45) is 1.17. The third kappa shape index (κ3) is 3.14. The van der Waals surface area contributed by atoms with Gasteiger partial charge in [0.1, 0.15) is 5.69 Å². The van der Waals surface area contributed by atoms with Crippen molar-refractivity contribution in [3.05, 3.63) is 23.2 Å². The molecule has 3 heterocycles. The van der Waals surface area contributed by atoms with Crippen LogP contribution < -0.4 is 11.1 Å². The number of fused-ring (bicyclic) bond motifs is 1. The number of carbonyl (C=O) groups is 3. The van der Waals surface area contributed by atoms with Crippen LogP contribution in [0.4, 0.5) is 0 Å². The first-order valence-corrected chi connectivity index (χ1v) is 8.73. The van der Waals surface area contributed by atoms with Gasteiger partial charge in [-0.25, -0.2) is 0 Å². The summed E-state index contributed by atoms with van der Waals surface area (Å²) in [5.74, 6) is -0.859. The average Bonchev–Trinajstić information content (AvgIpc) is 3.15. The molecule has 24 heavy (non-hydrogen) atoms. The minimum absolute atomic E-state index is 0.0428. The summed E-state index contributed by atoms with van der Waals surface area (Å²) in [5, 5.41) is 4.66. The van der Waals surface area contributed by atoms with Crippen LogP contribution in [0.5, 0.6) is 0 Å². The molecule has 2 aromatic rings. The summed E-state index contributed by atoms with van der Waals surface area (Å²) in [7, 11) is 1.83. The molecule has 0 saturated carbocycles. The minimum atomic E-state index is -0.306. The first-order chi connectivity index (χ1) is 11.5. The number of piperidine rings is 1. The van der Waals surface area contributed by atoms with Crippen LogP contribution in [0.3, 0.4) is 0 Å². The lowest BCUT2D eigenvalue weighted by atomic mass is 9.96. The van der Waals surface area contributed by atoms with Gasteiger partial charge >= 0.3 is 0 Å². The highest BCUT2D eigenvalue weighted by molar-refractivity contribution is 7.17. The van der Waals surface area contributed by atoms with Crippen molar-refractivity contribution < 1.29 is 14.4 Å².